The number of carbonyl (C=O) groups excluding carboxylic acids is 3. The molecule has 2 unspecified atom stereocenters. The van der Waals surface area contributed by atoms with E-state index in [4.69, 9.17) is 9.47 Å². The molecule has 7 nitrogen and oxygen atoms in total. The van der Waals surface area contributed by atoms with Crippen LogP contribution >= 0.6 is 0 Å². The molecule has 2 bridgehead atoms. The Morgan fingerprint density at radius 1 is 1.13 bits per heavy atom. The summed E-state index contributed by atoms with van der Waals surface area (Å²) >= 11 is 0. The van der Waals surface area contributed by atoms with Gasteiger partial charge in [0.25, 0.3) is 5.91 Å². The molecule has 1 heterocycles. The van der Waals surface area contributed by atoms with E-state index in [1.165, 1.54) is 0 Å². The molecular weight excluding hydrogens is 396 g/mol. The van der Waals surface area contributed by atoms with Crippen LogP contribution in [0.3, 0.4) is 0 Å². The van der Waals surface area contributed by atoms with Gasteiger partial charge in [-0.05, 0) is 51.3 Å². The summed E-state index contributed by atoms with van der Waals surface area (Å²) in [7, 11) is 0. The number of rotatable bonds is 2. The Hall–Kier alpha value is -2.57. The van der Waals surface area contributed by atoms with Gasteiger partial charge in [-0.1, -0.05) is 38.8 Å². The maximum absolute atomic E-state index is 12.6. The van der Waals surface area contributed by atoms with Crippen molar-refractivity contribution in [2.45, 2.75) is 91.3 Å². The summed E-state index contributed by atoms with van der Waals surface area (Å²) in [5.41, 5.74) is 0.834. The average molecular weight is 435 g/mol. The van der Waals surface area contributed by atoms with Crippen LogP contribution in [0.15, 0.2) is 24.3 Å². The van der Waals surface area contributed by atoms with Gasteiger partial charge >= 0.3 is 5.97 Å². The first-order valence-corrected chi connectivity index (χ1v) is 11.4. The number of hydrogen-bond donors (Lipinski definition) is 2. The molecule has 0 spiro atoms. The molecule has 0 aromatic heterocycles. The van der Waals surface area contributed by atoms with Gasteiger partial charge in [0.05, 0.1) is 6.61 Å². The van der Waals surface area contributed by atoms with Crippen molar-refractivity contribution in [2.75, 3.05) is 6.61 Å². The number of fused-ring (bicyclic) bond motifs is 2. The second kappa shape index (κ2) is 14.4. The van der Waals surface area contributed by atoms with E-state index in [0.29, 0.717) is 13.0 Å². The fourth-order valence-corrected chi connectivity index (χ4v) is 3.09. The Morgan fingerprint density at radius 3 is 2.55 bits per heavy atom. The summed E-state index contributed by atoms with van der Waals surface area (Å²) < 4.78 is 11.3. The molecule has 2 N–H and O–H groups in total. The maximum Gasteiger partial charge on any atom is 0.329 e. The van der Waals surface area contributed by atoms with Crippen molar-refractivity contribution >= 4 is 17.8 Å². The molecule has 0 fully saturated rings. The third kappa shape index (κ3) is 10.3. The quantitative estimate of drug-likeness (QED) is 0.695. The summed E-state index contributed by atoms with van der Waals surface area (Å²) in [4.78, 5) is 37.1. The minimum atomic E-state index is -0.991. The van der Waals surface area contributed by atoms with Gasteiger partial charge in [-0.3, -0.25) is 9.59 Å². The molecule has 31 heavy (non-hydrogen) atoms. The van der Waals surface area contributed by atoms with Gasteiger partial charge in [-0.2, -0.15) is 0 Å². The molecule has 2 atom stereocenters. The fraction of sp³-hybridized carbons (Fsp3) is 0.625. The zero-order valence-corrected chi connectivity index (χ0v) is 19.5. The Balaban J connectivity index is 0.00000233. The van der Waals surface area contributed by atoms with E-state index in [1.54, 1.807) is 6.92 Å². The molecule has 174 valence electrons. The molecule has 0 saturated carbocycles. The zero-order chi connectivity index (χ0) is 23.2. The van der Waals surface area contributed by atoms with Gasteiger partial charge in [0.2, 0.25) is 5.91 Å². The molecule has 0 radical (unpaired) electrons. The maximum atomic E-state index is 12.6. The first-order valence-electron chi connectivity index (χ1n) is 11.4. The molecule has 0 aliphatic carbocycles. The van der Waals surface area contributed by atoms with Gasteiger partial charge in [0.15, 0.2) is 6.10 Å². The van der Waals surface area contributed by atoms with Crippen LogP contribution in [0, 0.1) is 0 Å². The highest BCUT2D eigenvalue weighted by Gasteiger charge is 2.27. The standard InChI is InChI=1S/C22H32N2O5.C2H6/c1-15(2)23-21(26)19-14-17-9-8-10-18(13-17)28-12-7-5-4-6-11-20(25)24-16(3)22(27)29-19;1-2/h8-10,13,15-16,19H,4-7,11-12,14H2,1-3H3,(H,23,26)(H,24,25);1-2H3. The second-order valence-corrected chi connectivity index (χ2v) is 7.74. The summed E-state index contributed by atoms with van der Waals surface area (Å²) in [5, 5.41) is 5.45. The lowest BCUT2D eigenvalue weighted by Gasteiger charge is -2.22. The number of nitrogens with one attached hydrogen (secondary N) is 2. The van der Waals surface area contributed by atoms with Crippen LogP contribution in [0.2, 0.25) is 0 Å². The predicted molar refractivity (Wildman–Crippen MR) is 121 cm³/mol. The van der Waals surface area contributed by atoms with Crippen molar-refractivity contribution in [3.8, 4) is 5.75 Å². The van der Waals surface area contributed by atoms with Crippen molar-refractivity contribution in [1.82, 2.24) is 10.6 Å². The molecule has 1 aliphatic rings. The zero-order valence-electron chi connectivity index (χ0n) is 19.5. The average Bonchev–Trinajstić information content (AvgIpc) is 2.73. The van der Waals surface area contributed by atoms with Crippen molar-refractivity contribution in [3.05, 3.63) is 29.8 Å². The van der Waals surface area contributed by atoms with Crippen LogP contribution in [0.25, 0.3) is 0 Å². The Morgan fingerprint density at radius 2 is 1.84 bits per heavy atom. The van der Waals surface area contributed by atoms with E-state index >= 15 is 0 Å². The topological polar surface area (TPSA) is 93.7 Å². The third-order valence-corrected chi connectivity index (χ3v) is 4.60. The molecular formula is C24H38N2O5. The lowest BCUT2D eigenvalue weighted by molar-refractivity contribution is -0.158. The van der Waals surface area contributed by atoms with Crippen molar-refractivity contribution in [2.24, 2.45) is 0 Å². The lowest BCUT2D eigenvalue weighted by Crippen LogP contribution is -2.46. The minimum absolute atomic E-state index is 0.0860. The summed E-state index contributed by atoms with van der Waals surface area (Å²) in [6.07, 6.45) is 3.15. The lowest BCUT2D eigenvalue weighted by atomic mass is 10.1. The molecule has 7 heteroatoms. The molecule has 1 aromatic carbocycles. The van der Waals surface area contributed by atoms with Gasteiger partial charge in [-0.25, -0.2) is 4.79 Å². The number of carbonyl (C=O) groups is 3. The number of ether oxygens (including phenoxy) is 2. The first-order chi connectivity index (χ1) is 14.8. The van der Waals surface area contributed by atoms with Crippen LogP contribution in [-0.4, -0.2) is 42.6 Å². The van der Waals surface area contributed by atoms with Gasteiger partial charge in [0.1, 0.15) is 11.8 Å². The van der Waals surface area contributed by atoms with Crippen LogP contribution in [-0.2, 0) is 25.5 Å². The summed E-state index contributed by atoms with van der Waals surface area (Å²) in [6.45, 7) is 9.85. The van der Waals surface area contributed by atoms with Crippen LogP contribution in [0.4, 0.5) is 0 Å². The van der Waals surface area contributed by atoms with Crippen molar-refractivity contribution in [1.29, 1.82) is 0 Å². The normalized spacial score (nSPS) is 20.8. The van der Waals surface area contributed by atoms with Crippen LogP contribution in [0.1, 0.15) is 72.3 Å². The minimum Gasteiger partial charge on any atom is -0.494 e. The Labute approximate surface area is 186 Å². The largest absolute Gasteiger partial charge is 0.494 e. The number of esters is 1. The summed E-state index contributed by atoms with van der Waals surface area (Å²) in [6, 6.07) is 6.57. The molecule has 2 amide bonds. The Kier molecular flexibility index (Phi) is 12.3. The summed E-state index contributed by atoms with van der Waals surface area (Å²) in [5.74, 6) is -0.452. The van der Waals surface area contributed by atoms with Crippen molar-refractivity contribution in [3.63, 3.8) is 0 Å². The van der Waals surface area contributed by atoms with E-state index in [-0.39, 0.29) is 24.3 Å². The Bertz CT molecular complexity index is 705. The number of benzene rings is 1. The number of hydrogen-bond acceptors (Lipinski definition) is 5. The van der Waals surface area contributed by atoms with Crippen molar-refractivity contribution < 1.29 is 23.9 Å². The third-order valence-electron chi connectivity index (χ3n) is 4.60. The first kappa shape index (κ1) is 26.5. The van der Waals surface area contributed by atoms with E-state index in [1.807, 2.05) is 52.0 Å². The van der Waals surface area contributed by atoms with Gasteiger partial charge in [-0.15, -0.1) is 0 Å². The van der Waals surface area contributed by atoms with Gasteiger partial charge < -0.3 is 20.1 Å². The fourth-order valence-electron chi connectivity index (χ4n) is 3.09. The highest BCUT2D eigenvalue weighted by molar-refractivity contribution is 5.87. The van der Waals surface area contributed by atoms with E-state index in [9.17, 15) is 14.4 Å². The molecule has 1 aliphatic heterocycles. The molecule has 2 rings (SSSR count). The van der Waals surface area contributed by atoms with E-state index < -0.39 is 18.1 Å². The molecule has 1 aromatic rings. The SMILES string of the molecule is CC.CC(C)NC(=O)C1Cc2cccc(c2)OCCCCCCC(=O)NC(C)C(=O)O1. The van der Waals surface area contributed by atoms with Crippen LogP contribution in [0.5, 0.6) is 5.75 Å². The highest BCUT2D eigenvalue weighted by atomic mass is 16.5. The monoisotopic (exact) mass is 434 g/mol. The smallest absolute Gasteiger partial charge is 0.329 e. The molecule has 0 saturated heterocycles. The second-order valence-electron chi connectivity index (χ2n) is 7.74. The van der Waals surface area contributed by atoms with E-state index in [2.05, 4.69) is 10.6 Å². The van der Waals surface area contributed by atoms with Crippen LogP contribution < -0.4 is 15.4 Å². The van der Waals surface area contributed by atoms with Gasteiger partial charge in [0, 0.05) is 18.9 Å². The van der Waals surface area contributed by atoms with E-state index in [0.717, 1.165) is 37.0 Å². The highest BCUT2D eigenvalue weighted by Crippen LogP contribution is 2.17. The number of cyclic esters (lactones) is 1. The predicted octanol–water partition coefficient (Wildman–Crippen LogP) is 3.54. The number of amides is 2.